The lowest BCUT2D eigenvalue weighted by Gasteiger charge is -2.16. The van der Waals surface area contributed by atoms with E-state index in [-0.39, 0.29) is 18.0 Å². The molecule has 0 aromatic heterocycles. The van der Waals surface area contributed by atoms with Crippen LogP contribution in [-0.2, 0) is 9.53 Å². The second-order valence-electron chi connectivity index (χ2n) is 4.55. The van der Waals surface area contributed by atoms with E-state index in [4.69, 9.17) is 4.74 Å². The summed E-state index contributed by atoms with van der Waals surface area (Å²) in [5.41, 5.74) is 1.07. The molecule has 1 aliphatic heterocycles. The molecule has 1 N–H and O–H groups in total. The summed E-state index contributed by atoms with van der Waals surface area (Å²) in [7, 11) is 0. The van der Waals surface area contributed by atoms with Gasteiger partial charge in [0, 0.05) is 13.0 Å². The number of hydrogen-bond donors (Lipinski definition) is 1. The lowest BCUT2D eigenvalue weighted by atomic mass is 10.1. The smallest absolute Gasteiger partial charge is 0.409 e. The van der Waals surface area contributed by atoms with Crippen LogP contribution in [0.5, 0.6) is 0 Å². The summed E-state index contributed by atoms with van der Waals surface area (Å²) in [6.07, 6.45) is -0.0318. The van der Waals surface area contributed by atoms with Crippen molar-refractivity contribution < 1.29 is 14.3 Å². The summed E-state index contributed by atoms with van der Waals surface area (Å²) in [6.45, 7) is 3.34. The van der Waals surface area contributed by atoms with Gasteiger partial charge in [-0.25, -0.2) is 4.79 Å². The second kappa shape index (κ2) is 6.22. The lowest BCUT2D eigenvalue weighted by Crippen LogP contribution is -2.32. The molecule has 19 heavy (non-hydrogen) atoms. The monoisotopic (exact) mass is 262 g/mol. The normalized spacial score (nSPS) is 16.1. The van der Waals surface area contributed by atoms with Crippen molar-refractivity contribution in [3.63, 3.8) is 0 Å². The number of cyclic esters (lactones) is 1. The van der Waals surface area contributed by atoms with Crippen LogP contribution in [0, 0.1) is 0 Å². The molecule has 1 unspecified atom stereocenters. The summed E-state index contributed by atoms with van der Waals surface area (Å²) in [5.74, 6) is -0.0592. The van der Waals surface area contributed by atoms with E-state index < -0.39 is 0 Å². The third-order valence-corrected chi connectivity index (χ3v) is 3.13. The highest BCUT2D eigenvalue weighted by atomic mass is 16.6. The fourth-order valence-electron chi connectivity index (χ4n) is 2.00. The predicted molar refractivity (Wildman–Crippen MR) is 70.5 cm³/mol. The number of carbonyl (C=O) groups is 2. The topological polar surface area (TPSA) is 58.6 Å². The number of carbonyl (C=O) groups excluding carboxylic acids is 2. The van der Waals surface area contributed by atoms with Crippen LogP contribution in [0.25, 0.3) is 0 Å². The zero-order valence-electron chi connectivity index (χ0n) is 11.0. The van der Waals surface area contributed by atoms with E-state index >= 15 is 0 Å². The van der Waals surface area contributed by atoms with E-state index in [0.29, 0.717) is 26.1 Å². The molecule has 1 aliphatic rings. The maximum absolute atomic E-state index is 11.8. The van der Waals surface area contributed by atoms with Gasteiger partial charge >= 0.3 is 6.09 Å². The molecular weight excluding hydrogens is 244 g/mol. The third-order valence-electron chi connectivity index (χ3n) is 3.13. The number of ether oxygens (including phenoxy) is 1. The first-order valence-corrected chi connectivity index (χ1v) is 6.43. The predicted octanol–water partition coefficient (Wildman–Crippen LogP) is 1.71. The number of hydrogen-bond acceptors (Lipinski definition) is 3. The maximum atomic E-state index is 11.8. The van der Waals surface area contributed by atoms with E-state index in [1.165, 1.54) is 0 Å². The molecule has 0 spiro atoms. The van der Waals surface area contributed by atoms with Gasteiger partial charge in [-0.3, -0.25) is 4.79 Å². The van der Waals surface area contributed by atoms with Gasteiger partial charge in [0.1, 0.15) is 6.61 Å². The Morgan fingerprint density at radius 2 is 2.16 bits per heavy atom. The molecule has 1 aromatic rings. The van der Waals surface area contributed by atoms with Gasteiger partial charge in [0.05, 0.1) is 12.6 Å². The maximum Gasteiger partial charge on any atom is 0.409 e. The lowest BCUT2D eigenvalue weighted by molar-refractivity contribution is -0.121. The van der Waals surface area contributed by atoms with Crippen molar-refractivity contribution in [3.05, 3.63) is 35.9 Å². The Balaban J connectivity index is 1.76. The highest BCUT2D eigenvalue weighted by Crippen LogP contribution is 2.11. The molecule has 0 saturated carbocycles. The Bertz CT molecular complexity index is 447. The molecular formula is C14H18N2O3. The Morgan fingerprint density at radius 1 is 1.42 bits per heavy atom. The molecule has 2 rings (SSSR count). The van der Waals surface area contributed by atoms with Gasteiger partial charge in [0.25, 0.3) is 0 Å². The fraction of sp³-hybridized carbons (Fsp3) is 0.429. The largest absolute Gasteiger partial charge is 0.448 e. The first-order chi connectivity index (χ1) is 9.16. The molecule has 0 aliphatic carbocycles. The van der Waals surface area contributed by atoms with E-state index in [1.54, 1.807) is 4.90 Å². The standard InChI is InChI=1S/C14H18N2O3/c1-11(12-5-3-2-4-6-12)15-13(17)7-8-16-9-10-19-14(16)18/h2-6,11H,7-10H2,1H3,(H,15,17). The van der Waals surface area contributed by atoms with E-state index in [0.717, 1.165) is 5.56 Å². The number of rotatable bonds is 5. The van der Waals surface area contributed by atoms with Gasteiger partial charge in [0.2, 0.25) is 5.91 Å². The van der Waals surface area contributed by atoms with Crippen molar-refractivity contribution in [1.82, 2.24) is 10.2 Å². The fourth-order valence-corrected chi connectivity index (χ4v) is 2.00. The molecule has 5 heteroatoms. The molecule has 0 bridgehead atoms. The molecule has 5 nitrogen and oxygen atoms in total. The minimum atomic E-state index is -0.330. The SMILES string of the molecule is CC(NC(=O)CCN1CCOC1=O)c1ccccc1. The number of amides is 2. The molecule has 1 fully saturated rings. The number of benzene rings is 1. The van der Waals surface area contributed by atoms with Crippen LogP contribution in [0.1, 0.15) is 24.9 Å². The third kappa shape index (κ3) is 3.71. The first kappa shape index (κ1) is 13.4. The van der Waals surface area contributed by atoms with Crippen LogP contribution < -0.4 is 5.32 Å². The van der Waals surface area contributed by atoms with E-state index in [1.807, 2.05) is 37.3 Å². The molecule has 1 aromatic carbocycles. The van der Waals surface area contributed by atoms with Crippen LogP contribution >= 0.6 is 0 Å². The van der Waals surface area contributed by atoms with Gasteiger partial charge in [-0.2, -0.15) is 0 Å². The first-order valence-electron chi connectivity index (χ1n) is 6.43. The molecule has 1 heterocycles. The molecule has 2 amide bonds. The highest BCUT2D eigenvalue weighted by molar-refractivity contribution is 5.77. The van der Waals surface area contributed by atoms with Crippen molar-refractivity contribution in [2.24, 2.45) is 0 Å². The quantitative estimate of drug-likeness (QED) is 0.878. The Labute approximate surface area is 112 Å². The second-order valence-corrected chi connectivity index (χ2v) is 4.55. The Morgan fingerprint density at radius 3 is 2.79 bits per heavy atom. The average Bonchev–Trinajstić information content (AvgIpc) is 2.83. The summed E-state index contributed by atoms with van der Waals surface area (Å²) < 4.78 is 4.80. The van der Waals surface area contributed by atoms with Crippen LogP contribution in [0.4, 0.5) is 4.79 Å². The van der Waals surface area contributed by atoms with Crippen LogP contribution in [-0.4, -0.2) is 36.6 Å². The van der Waals surface area contributed by atoms with Crippen LogP contribution in [0.15, 0.2) is 30.3 Å². The zero-order valence-corrected chi connectivity index (χ0v) is 11.0. The number of nitrogens with zero attached hydrogens (tertiary/aromatic N) is 1. The van der Waals surface area contributed by atoms with Gasteiger partial charge in [0.15, 0.2) is 0 Å². The summed E-state index contributed by atoms with van der Waals surface area (Å²) in [4.78, 5) is 24.6. The molecule has 0 radical (unpaired) electrons. The summed E-state index contributed by atoms with van der Waals surface area (Å²) in [6, 6.07) is 9.75. The van der Waals surface area contributed by atoms with Gasteiger partial charge < -0.3 is 15.0 Å². The minimum absolute atomic E-state index is 0.0285. The molecule has 1 atom stereocenters. The van der Waals surface area contributed by atoms with Crippen molar-refractivity contribution in [2.75, 3.05) is 19.7 Å². The van der Waals surface area contributed by atoms with Crippen LogP contribution in [0.3, 0.4) is 0 Å². The van der Waals surface area contributed by atoms with Crippen molar-refractivity contribution in [2.45, 2.75) is 19.4 Å². The van der Waals surface area contributed by atoms with Crippen molar-refractivity contribution in [1.29, 1.82) is 0 Å². The van der Waals surface area contributed by atoms with E-state index in [9.17, 15) is 9.59 Å². The van der Waals surface area contributed by atoms with Crippen molar-refractivity contribution in [3.8, 4) is 0 Å². The van der Waals surface area contributed by atoms with E-state index in [2.05, 4.69) is 5.32 Å². The minimum Gasteiger partial charge on any atom is -0.448 e. The van der Waals surface area contributed by atoms with Gasteiger partial charge in [-0.15, -0.1) is 0 Å². The summed E-state index contributed by atoms with van der Waals surface area (Å²) >= 11 is 0. The molecule has 1 saturated heterocycles. The summed E-state index contributed by atoms with van der Waals surface area (Å²) in [5, 5.41) is 2.92. The number of nitrogens with one attached hydrogen (secondary N) is 1. The zero-order chi connectivity index (χ0) is 13.7. The Hall–Kier alpha value is -2.04. The highest BCUT2D eigenvalue weighted by Gasteiger charge is 2.22. The van der Waals surface area contributed by atoms with Crippen molar-refractivity contribution >= 4 is 12.0 Å². The molecule has 102 valence electrons. The average molecular weight is 262 g/mol. The Kier molecular flexibility index (Phi) is 4.39. The van der Waals surface area contributed by atoms with Crippen LogP contribution in [0.2, 0.25) is 0 Å². The van der Waals surface area contributed by atoms with Gasteiger partial charge in [-0.1, -0.05) is 30.3 Å². The van der Waals surface area contributed by atoms with Gasteiger partial charge in [-0.05, 0) is 12.5 Å².